The van der Waals surface area contributed by atoms with Crippen molar-refractivity contribution >= 4 is 60.0 Å². The third kappa shape index (κ3) is 6.58. The molecule has 2 aromatic carbocycles. The van der Waals surface area contributed by atoms with Crippen molar-refractivity contribution in [1.82, 2.24) is 0 Å². The molecule has 8 nitrogen and oxygen atoms in total. The first-order valence-electron chi connectivity index (χ1n) is 14.8. The number of nitrogens with zero attached hydrogens (tertiary/aromatic N) is 2. The van der Waals surface area contributed by atoms with E-state index in [1.807, 2.05) is 99.1 Å². The molecule has 0 bridgehead atoms. The first-order valence-corrected chi connectivity index (χ1v) is 19.7. The summed E-state index contributed by atoms with van der Waals surface area (Å²) in [5.74, 6) is -1.41. The highest BCUT2D eigenvalue weighted by Gasteiger charge is 2.45. The van der Waals surface area contributed by atoms with E-state index < -0.39 is 42.8 Å². The number of benzene rings is 2. The first kappa shape index (κ1) is 33.3. The van der Waals surface area contributed by atoms with Gasteiger partial charge < -0.3 is 14.0 Å². The molecule has 0 radical (unpaired) electrons. The van der Waals surface area contributed by atoms with Crippen molar-refractivity contribution < 1.29 is 30.5 Å². The van der Waals surface area contributed by atoms with Crippen LogP contribution in [-0.4, -0.2) is 48.0 Å². The van der Waals surface area contributed by atoms with Crippen molar-refractivity contribution in [3.8, 4) is 20.9 Å². The highest BCUT2D eigenvalue weighted by Crippen LogP contribution is 2.49. The Morgan fingerprint density at radius 2 is 1.38 bits per heavy atom. The van der Waals surface area contributed by atoms with E-state index in [1.54, 1.807) is 62.5 Å². The lowest BCUT2D eigenvalue weighted by molar-refractivity contribution is -0.416. The fraction of sp³-hybridized carbons (Fsp3) is 0.229. The lowest BCUT2D eigenvalue weighted by Crippen LogP contribution is -2.30. The van der Waals surface area contributed by atoms with Crippen molar-refractivity contribution in [2.75, 3.05) is 16.7 Å². The molecule has 2 aliphatic rings. The summed E-state index contributed by atoms with van der Waals surface area (Å²) in [7, 11) is -9.21. The van der Waals surface area contributed by atoms with E-state index in [0.717, 1.165) is 32.0 Å². The van der Waals surface area contributed by atoms with Gasteiger partial charge in [-0.1, -0.05) is 68.5 Å². The van der Waals surface area contributed by atoms with Gasteiger partial charge in [0.05, 0.1) is 5.41 Å². The van der Waals surface area contributed by atoms with Gasteiger partial charge in [0.1, 0.15) is 16.0 Å². The zero-order valence-electron chi connectivity index (χ0n) is 26.2. The molecule has 0 saturated carbocycles. The molecule has 0 N–H and O–H groups in total. The summed E-state index contributed by atoms with van der Waals surface area (Å²) in [6.45, 7) is 7.96. The van der Waals surface area contributed by atoms with Crippen molar-refractivity contribution in [3.05, 3.63) is 119 Å². The molecule has 0 saturated heterocycles. The Bertz CT molecular complexity index is 2190. The van der Waals surface area contributed by atoms with Crippen LogP contribution in [0.15, 0.2) is 108 Å². The predicted octanol–water partition coefficient (Wildman–Crippen LogP) is 7.32. The Kier molecular flexibility index (Phi) is 8.56. The van der Waals surface area contributed by atoms with Gasteiger partial charge >= 0.3 is 0 Å². The second-order valence-electron chi connectivity index (χ2n) is 12.6. The Labute approximate surface area is 283 Å². The average Bonchev–Trinajstić information content (AvgIpc) is 3.77. The quantitative estimate of drug-likeness (QED) is 0.102. The molecule has 12 heteroatoms. The van der Waals surface area contributed by atoms with Crippen LogP contribution in [-0.2, 0) is 31.1 Å². The topological polar surface area (TPSA) is 121 Å². The summed E-state index contributed by atoms with van der Waals surface area (Å²) in [4.78, 5) is 3.64. The Hall–Kier alpha value is -3.65. The van der Waals surface area contributed by atoms with Crippen LogP contribution in [0.3, 0.4) is 0 Å². The predicted molar refractivity (Wildman–Crippen MR) is 188 cm³/mol. The zero-order valence-corrected chi connectivity index (χ0v) is 29.5. The van der Waals surface area contributed by atoms with Crippen LogP contribution < -0.4 is 4.90 Å². The molecule has 2 aromatic heterocycles. The van der Waals surface area contributed by atoms with Gasteiger partial charge in [-0.2, -0.15) is 4.58 Å². The van der Waals surface area contributed by atoms with E-state index in [0.29, 0.717) is 22.8 Å². The normalized spacial score (nSPS) is 18.2. The van der Waals surface area contributed by atoms with Crippen LogP contribution in [0.2, 0.25) is 0 Å². The standard InChI is InChI=1S/C35H34N2O6S4/c1-34(2)26-16-14-24(30-10-8-18-44-30)20-28(26)36(22-46(38,39)40)32(34)12-6-5-7-13-33-35(3,4)27-17-15-25(31-11-9-19-45-31)21-29(27)37(33)23-47(41,42)43/h5-21H,22-23H2,1-4H3,(H-,38,39,40,41,42,43)/p-1. The first-order chi connectivity index (χ1) is 22.1. The number of anilines is 1. The Morgan fingerprint density at radius 1 is 0.766 bits per heavy atom. The molecule has 0 aliphatic carbocycles. The number of allylic oxidation sites excluding steroid dienone is 6. The minimum Gasteiger partial charge on any atom is -0.747 e. The molecule has 2 aliphatic heterocycles. The van der Waals surface area contributed by atoms with Gasteiger partial charge in [0.25, 0.3) is 0 Å². The van der Waals surface area contributed by atoms with E-state index in [9.17, 15) is 25.9 Å². The number of hydrogen-bond acceptors (Lipinski definition) is 9. The number of rotatable bonds is 9. The number of hydrogen-bond donors (Lipinski definition) is 0. The van der Waals surface area contributed by atoms with Crippen LogP contribution in [0.25, 0.3) is 20.9 Å². The second-order valence-corrected chi connectivity index (χ2v) is 17.2. The van der Waals surface area contributed by atoms with E-state index in [4.69, 9.17) is 0 Å². The summed E-state index contributed by atoms with van der Waals surface area (Å²) in [6.07, 6.45) is 8.89. The summed E-state index contributed by atoms with van der Waals surface area (Å²) in [6, 6.07) is 19.7. The molecule has 0 fully saturated rings. The maximum Gasteiger partial charge on any atom is 0.237 e. The SMILES string of the molecule is CC1(C)C(=CC=CC=CC2=[N+](CS(=O)(=O)[O-])c3cc(-c4cccs4)ccc3C2(C)C)N(CS(=O)(=O)[O-])c2cc(-c3cccs3)ccc21. The fourth-order valence-corrected chi connectivity index (χ4v) is 9.15. The smallest absolute Gasteiger partial charge is 0.237 e. The molecule has 0 spiro atoms. The molecule has 244 valence electrons. The van der Waals surface area contributed by atoms with Crippen molar-refractivity contribution in [2.45, 2.75) is 38.5 Å². The van der Waals surface area contributed by atoms with Crippen molar-refractivity contribution in [2.24, 2.45) is 0 Å². The molecular weight excluding hydrogens is 673 g/mol. The van der Waals surface area contributed by atoms with Gasteiger partial charge in [0.2, 0.25) is 11.6 Å². The molecule has 4 heterocycles. The van der Waals surface area contributed by atoms with Crippen LogP contribution >= 0.6 is 22.7 Å². The van der Waals surface area contributed by atoms with Gasteiger partial charge in [-0.05, 0) is 65.6 Å². The molecule has 47 heavy (non-hydrogen) atoms. The van der Waals surface area contributed by atoms with Gasteiger partial charge in [-0.15, -0.1) is 22.7 Å². The van der Waals surface area contributed by atoms with E-state index >= 15 is 0 Å². The average molecular weight is 706 g/mol. The van der Waals surface area contributed by atoms with Gasteiger partial charge in [-0.25, -0.2) is 16.8 Å². The van der Waals surface area contributed by atoms with Gasteiger partial charge in [0, 0.05) is 44.3 Å². The van der Waals surface area contributed by atoms with Crippen LogP contribution in [0.5, 0.6) is 0 Å². The highest BCUT2D eigenvalue weighted by molar-refractivity contribution is 7.85. The summed E-state index contributed by atoms with van der Waals surface area (Å²) in [5.41, 5.74) is 5.17. The van der Waals surface area contributed by atoms with E-state index in [1.165, 1.54) is 0 Å². The minimum absolute atomic E-state index is 0.592. The van der Waals surface area contributed by atoms with E-state index in [-0.39, 0.29) is 0 Å². The summed E-state index contributed by atoms with van der Waals surface area (Å²) < 4.78 is 73.8. The minimum atomic E-state index is -4.61. The lowest BCUT2D eigenvalue weighted by atomic mass is 9.81. The maximum atomic E-state index is 12.0. The molecule has 6 rings (SSSR count). The molecular formula is C35H33N2O6S4-. The zero-order chi connectivity index (χ0) is 33.8. The maximum absolute atomic E-state index is 12.0. The third-order valence-electron chi connectivity index (χ3n) is 8.70. The van der Waals surface area contributed by atoms with Gasteiger partial charge in [0.15, 0.2) is 15.8 Å². The highest BCUT2D eigenvalue weighted by atomic mass is 32.2. The summed E-state index contributed by atoms with van der Waals surface area (Å²) >= 11 is 3.15. The van der Waals surface area contributed by atoms with Crippen molar-refractivity contribution in [1.29, 1.82) is 0 Å². The van der Waals surface area contributed by atoms with Crippen LogP contribution in [0.1, 0.15) is 38.8 Å². The number of fused-ring (bicyclic) bond motifs is 2. The number of thiophene rings is 2. The van der Waals surface area contributed by atoms with Gasteiger partial charge in [-0.3, -0.25) is 0 Å². The molecule has 0 unspecified atom stereocenters. The van der Waals surface area contributed by atoms with Crippen LogP contribution in [0.4, 0.5) is 11.4 Å². The van der Waals surface area contributed by atoms with E-state index in [2.05, 4.69) is 0 Å². The Balaban J connectivity index is 1.36. The fourth-order valence-electron chi connectivity index (χ4n) is 6.52. The van der Waals surface area contributed by atoms with Crippen LogP contribution in [0, 0.1) is 0 Å². The third-order valence-corrected chi connectivity index (χ3v) is 11.7. The molecule has 0 amide bonds. The molecule has 0 atom stereocenters. The van der Waals surface area contributed by atoms with Crippen molar-refractivity contribution in [3.63, 3.8) is 0 Å². The monoisotopic (exact) mass is 705 g/mol. The summed E-state index contributed by atoms with van der Waals surface area (Å²) in [5, 5.41) is 3.95. The Morgan fingerprint density at radius 3 is 1.96 bits per heavy atom. The molecule has 4 aromatic rings. The second kappa shape index (κ2) is 12.1. The lowest BCUT2D eigenvalue weighted by Gasteiger charge is -2.27. The largest absolute Gasteiger partial charge is 0.747 e.